The molecule has 2 heterocycles. The average molecular weight is 351 g/mol. The number of hydrogen-bond donors (Lipinski definition) is 0. The Morgan fingerprint density at radius 3 is 3.00 bits per heavy atom. The van der Waals surface area contributed by atoms with E-state index in [4.69, 9.17) is 11.6 Å². The van der Waals surface area contributed by atoms with Gasteiger partial charge in [0, 0.05) is 25.1 Å². The fourth-order valence-corrected chi connectivity index (χ4v) is 3.19. The molecule has 0 bridgehead atoms. The Balaban J connectivity index is 2.22. The third-order valence-corrected chi connectivity index (χ3v) is 4.63. The molecule has 1 aliphatic rings. The summed E-state index contributed by atoms with van der Waals surface area (Å²) in [5.74, 6) is 0.385. The second-order valence-electron chi connectivity index (χ2n) is 3.74. The van der Waals surface area contributed by atoms with E-state index in [0.29, 0.717) is 23.3 Å². The number of nitrogens with zero attached hydrogens (tertiary/aromatic N) is 3. The number of hydrogen-bond acceptors (Lipinski definition) is 5. The molecule has 0 N–H and O–H groups in total. The first kappa shape index (κ1) is 13.8. The second kappa shape index (κ2) is 5.54. The average Bonchev–Trinajstić information content (AvgIpc) is 2.62. The zero-order chi connectivity index (χ0) is 13.3. The number of halogens is 2. The molecule has 18 heavy (non-hydrogen) atoms. The lowest BCUT2D eigenvalue weighted by molar-refractivity contribution is -0.117. The summed E-state index contributed by atoms with van der Waals surface area (Å²) in [7, 11) is 0. The first-order valence-electron chi connectivity index (χ1n) is 5.12. The summed E-state index contributed by atoms with van der Waals surface area (Å²) >= 11 is 10.3. The predicted molar refractivity (Wildman–Crippen MR) is 73.8 cm³/mol. The molecule has 1 aromatic rings. The van der Waals surface area contributed by atoms with Gasteiger partial charge in [0.25, 0.3) is 0 Å². The lowest BCUT2D eigenvalue weighted by atomic mass is 10.4. The van der Waals surface area contributed by atoms with Crippen LogP contribution in [0.4, 0.5) is 5.82 Å². The maximum Gasteiger partial charge on any atom is 0.229 e. The molecule has 1 fully saturated rings. The van der Waals surface area contributed by atoms with Crippen LogP contribution in [0.2, 0.25) is 5.15 Å². The van der Waals surface area contributed by atoms with Gasteiger partial charge in [-0.25, -0.2) is 9.97 Å². The first-order valence-corrected chi connectivity index (χ1v) is 7.17. The van der Waals surface area contributed by atoms with Crippen LogP contribution in [0, 0.1) is 0 Å². The molecule has 0 radical (unpaired) electrons. The molecule has 1 saturated heterocycles. The van der Waals surface area contributed by atoms with Crippen LogP contribution in [0.15, 0.2) is 10.8 Å². The molecule has 0 aromatic carbocycles. The van der Waals surface area contributed by atoms with E-state index in [9.17, 15) is 9.59 Å². The third kappa shape index (κ3) is 2.84. The number of thioether (sulfide) groups is 1. The number of carbonyl (C=O) groups is 2. The first-order chi connectivity index (χ1) is 8.49. The van der Waals surface area contributed by atoms with Crippen LogP contribution in [0.25, 0.3) is 0 Å². The smallest absolute Gasteiger partial charge is 0.229 e. The molecule has 2 rings (SSSR count). The fourth-order valence-electron chi connectivity index (χ4n) is 1.72. The van der Waals surface area contributed by atoms with Gasteiger partial charge in [0.2, 0.25) is 5.91 Å². The minimum absolute atomic E-state index is 0.00874. The van der Waals surface area contributed by atoms with Gasteiger partial charge in [-0.3, -0.25) is 14.5 Å². The molecule has 96 valence electrons. The molecular weight excluding hydrogens is 342 g/mol. The zero-order valence-electron chi connectivity index (χ0n) is 9.39. The van der Waals surface area contributed by atoms with E-state index < -0.39 is 0 Å². The summed E-state index contributed by atoms with van der Waals surface area (Å²) in [5, 5.41) is 0.237. The van der Waals surface area contributed by atoms with Crippen LogP contribution in [-0.2, 0) is 9.59 Å². The van der Waals surface area contributed by atoms with Crippen LogP contribution >= 0.6 is 39.3 Å². The van der Waals surface area contributed by atoms with Crippen molar-refractivity contribution in [3.8, 4) is 0 Å². The Morgan fingerprint density at radius 2 is 2.33 bits per heavy atom. The van der Waals surface area contributed by atoms with Gasteiger partial charge in [0.15, 0.2) is 10.9 Å². The van der Waals surface area contributed by atoms with Gasteiger partial charge >= 0.3 is 0 Å². The molecule has 0 saturated carbocycles. The lowest BCUT2D eigenvalue weighted by Crippen LogP contribution is -2.26. The summed E-state index contributed by atoms with van der Waals surface area (Å²) in [6.07, 6.45) is 1.64. The summed E-state index contributed by atoms with van der Waals surface area (Å²) in [6, 6.07) is 0. The summed E-state index contributed by atoms with van der Waals surface area (Å²) in [6.45, 7) is 1.95. The van der Waals surface area contributed by atoms with E-state index in [0.717, 1.165) is 0 Å². The maximum absolute atomic E-state index is 11.9. The minimum atomic E-state index is -0.0655. The third-order valence-electron chi connectivity index (χ3n) is 2.41. The number of carbonyl (C=O) groups excluding carboxylic acids is 2. The van der Waals surface area contributed by atoms with Crippen molar-refractivity contribution >= 4 is 56.1 Å². The van der Waals surface area contributed by atoms with E-state index in [1.165, 1.54) is 29.9 Å². The van der Waals surface area contributed by atoms with Crippen molar-refractivity contribution in [2.24, 2.45) is 0 Å². The zero-order valence-corrected chi connectivity index (χ0v) is 12.5. The van der Waals surface area contributed by atoms with Crippen molar-refractivity contribution in [2.75, 3.05) is 11.4 Å². The standard InChI is InChI=1S/C10H9BrClN3O2S/c1-5(16)18-6-2-7(17)15(3-6)10-8(11)9(12)13-4-14-10/h4,6H,2-3H2,1H3. The highest BCUT2D eigenvalue weighted by Crippen LogP contribution is 2.34. The molecule has 1 aromatic heterocycles. The SMILES string of the molecule is CC(=O)SC1CC(=O)N(c2ncnc(Cl)c2Br)C1. The minimum Gasteiger partial charge on any atom is -0.295 e. The van der Waals surface area contributed by atoms with Gasteiger partial charge < -0.3 is 0 Å². The van der Waals surface area contributed by atoms with Crippen LogP contribution < -0.4 is 4.90 Å². The van der Waals surface area contributed by atoms with Gasteiger partial charge in [-0.2, -0.15) is 0 Å². The maximum atomic E-state index is 11.9. The number of aromatic nitrogens is 2. The molecule has 1 unspecified atom stereocenters. The molecule has 8 heteroatoms. The number of rotatable bonds is 2. The Kier molecular flexibility index (Phi) is 4.24. The van der Waals surface area contributed by atoms with Crippen molar-refractivity contribution < 1.29 is 9.59 Å². The Labute approximate surface area is 121 Å². The van der Waals surface area contributed by atoms with Crippen molar-refractivity contribution in [1.29, 1.82) is 0 Å². The van der Waals surface area contributed by atoms with E-state index in [-0.39, 0.29) is 21.4 Å². The van der Waals surface area contributed by atoms with Gasteiger partial charge in [-0.05, 0) is 15.9 Å². The highest BCUT2D eigenvalue weighted by atomic mass is 79.9. The second-order valence-corrected chi connectivity index (χ2v) is 6.37. The predicted octanol–water partition coefficient (Wildman–Crippen LogP) is 2.28. The normalized spacial score (nSPS) is 19.4. The Hall–Kier alpha value is -0.660. The van der Waals surface area contributed by atoms with E-state index >= 15 is 0 Å². The Bertz CT molecular complexity index is 514. The van der Waals surface area contributed by atoms with Gasteiger partial charge in [0.1, 0.15) is 11.5 Å². The van der Waals surface area contributed by atoms with Crippen molar-refractivity contribution in [3.63, 3.8) is 0 Å². The topological polar surface area (TPSA) is 63.2 Å². The van der Waals surface area contributed by atoms with Crippen molar-refractivity contribution in [2.45, 2.75) is 18.6 Å². The largest absolute Gasteiger partial charge is 0.295 e. The Morgan fingerprint density at radius 1 is 1.61 bits per heavy atom. The van der Waals surface area contributed by atoms with Crippen LogP contribution in [-0.4, -0.2) is 32.8 Å². The highest BCUT2D eigenvalue weighted by Gasteiger charge is 2.34. The molecule has 0 spiro atoms. The lowest BCUT2D eigenvalue weighted by Gasteiger charge is -2.16. The molecule has 0 aliphatic carbocycles. The van der Waals surface area contributed by atoms with Crippen molar-refractivity contribution in [1.82, 2.24) is 9.97 Å². The molecular formula is C10H9BrClN3O2S. The number of amides is 1. The quantitative estimate of drug-likeness (QED) is 0.766. The molecule has 1 aliphatic heterocycles. The fraction of sp³-hybridized carbons (Fsp3) is 0.400. The molecule has 1 amide bonds. The number of anilines is 1. The highest BCUT2D eigenvalue weighted by molar-refractivity contribution is 9.10. The van der Waals surface area contributed by atoms with Crippen LogP contribution in [0.3, 0.4) is 0 Å². The van der Waals surface area contributed by atoms with E-state index in [1.54, 1.807) is 0 Å². The van der Waals surface area contributed by atoms with Crippen molar-refractivity contribution in [3.05, 3.63) is 16.0 Å². The van der Waals surface area contributed by atoms with E-state index in [1.807, 2.05) is 0 Å². The van der Waals surface area contributed by atoms with Gasteiger partial charge in [-0.1, -0.05) is 23.4 Å². The van der Waals surface area contributed by atoms with Gasteiger partial charge in [0.05, 0.1) is 4.47 Å². The van der Waals surface area contributed by atoms with E-state index in [2.05, 4.69) is 25.9 Å². The van der Waals surface area contributed by atoms with Crippen LogP contribution in [0.1, 0.15) is 13.3 Å². The molecule has 5 nitrogen and oxygen atoms in total. The van der Waals surface area contributed by atoms with Crippen LogP contribution in [0.5, 0.6) is 0 Å². The summed E-state index contributed by atoms with van der Waals surface area (Å²) in [4.78, 5) is 32.3. The van der Waals surface area contributed by atoms with Gasteiger partial charge in [-0.15, -0.1) is 0 Å². The summed E-state index contributed by atoms with van der Waals surface area (Å²) in [5.41, 5.74) is 0. The monoisotopic (exact) mass is 349 g/mol. The molecule has 1 atom stereocenters. The summed E-state index contributed by atoms with van der Waals surface area (Å²) < 4.78 is 0.494.